The molecule has 126 valence electrons. The second-order valence-corrected chi connectivity index (χ2v) is 6.81. The number of rotatable bonds is 2. The number of piperidine rings is 1. The number of β-amino-alcohol motifs (C(OH)–C–C–N with tert-alkyl or cyclic N) is 1. The molecular weight excluding hydrogens is 303 g/mol. The van der Waals surface area contributed by atoms with Gasteiger partial charge < -0.3 is 10.0 Å². The number of aliphatic hydroxyl groups is 1. The Morgan fingerprint density at radius 1 is 0.958 bits per heavy atom. The van der Waals surface area contributed by atoms with Gasteiger partial charge in [0, 0.05) is 32.2 Å². The van der Waals surface area contributed by atoms with Crippen molar-refractivity contribution in [2.75, 3.05) is 24.5 Å². The number of aliphatic hydroxyl groups excluding tert-OH is 1. The molecule has 0 amide bonds. The summed E-state index contributed by atoms with van der Waals surface area (Å²) in [6.45, 7) is 3.32. The second kappa shape index (κ2) is 6.54. The monoisotopic (exact) mass is 326 g/mol. The van der Waals surface area contributed by atoms with Crippen molar-refractivity contribution in [2.24, 2.45) is 0 Å². The fraction of sp³-hybridized carbons (Fsp3) is 0.400. The Bertz CT molecular complexity index is 712. The number of benzene rings is 2. The number of hydrogen-bond donors (Lipinski definition) is 1. The molecule has 4 rings (SSSR count). The van der Waals surface area contributed by atoms with E-state index in [2.05, 4.69) is 15.9 Å². The Hall–Kier alpha value is -1.91. The summed E-state index contributed by atoms with van der Waals surface area (Å²) in [4.78, 5) is 4.53. The maximum absolute atomic E-state index is 14.0. The van der Waals surface area contributed by atoms with Crippen LogP contribution in [0, 0.1) is 5.82 Å². The molecule has 1 N–H and O–H groups in total. The van der Waals surface area contributed by atoms with Crippen molar-refractivity contribution in [3.8, 4) is 0 Å². The minimum absolute atomic E-state index is 0.140. The molecular formula is C20H23FN2O. The van der Waals surface area contributed by atoms with Crippen LogP contribution in [-0.4, -0.2) is 35.7 Å². The Kier molecular flexibility index (Phi) is 4.25. The maximum Gasteiger partial charge on any atom is 0.146 e. The molecule has 24 heavy (non-hydrogen) atoms. The Balaban J connectivity index is 1.43. The number of nitrogens with zero attached hydrogens (tertiary/aromatic N) is 2. The first-order chi connectivity index (χ1) is 11.7. The minimum Gasteiger partial charge on any atom is -0.387 e. The average molecular weight is 326 g/mol. The molecule has 0 spiro atoms. The highest BCUT2D eigenvalue weighted by molar-refractivity contribution is 5.48. The lowest BCUT2D eigenvalue weighted by Gasteiger charge is -2.42. The summed E-state index contributed by atoms with van der Waals surface area (Å²) >= 11 is 0. The van der Waals surface area contributed by atoms with Crippen LogP contribution in [0.5, 0.6) is 0 Å². The fourth-order valence-electron chi connectivity index (χ4n) is 4.07. The van der Waals surface area contributed by atoms with E-state index in [4.69, 9.17) is 0 Å². The van der Waals surface area contributed by atoms with Crippen LogP contribution in [0.2, 0.25) is 0 Å². The van der Waals surface area contributed by atoms with Gasteiger partial charge >= 0.3 is 0 Å². The number of anilines is 1. The smallest absolute Gasteiger partial charge is 0.146 e. The highest BCUT2D eigenvalue weighted by Gasteiger charge is 2.31. The normalized spacial score (nSPS) is 22.4. The summed E-state index contributed by atoms with van der Waals surface area (Å²) in [5, 5.41) is 10.4. The van der Waals surface area contributed by atoms with E-state index in [-0.39, 0.29) is 5.82 Å². The van der Waals surface area contributed by atoms with Crippen molar-refractivity contribution in [1.82, 2.24) is 4.90 Å². The van der Waals surface area contributed by atoms with Gasteiger partial charge in [0.05, 0.1) is 11.8 Å². The lowest BCUT2D eigenvalue weighted by Crippen LogP contribution is -2.47. The molecule has 2 aromatic rings. The first-order valence-electron chi connectivity index (χ1n) is 8.72. The molecule has 1 saturated heterocycles. The molecule has 2 aliphatic heterocycles. The Labute approximate surface area is 142 Å². The van der Waals surface area contributed by atoms with Crippen molar-refractivity contribution in [3.63, 3.8) is 0 Å². The largest absolute Gasteiger partial charge is 0.387 e. The molecule has 0 bridgehead atoms. The standard InChI is InChI=1S/C20H23FN2O/c21-18-7-3-4-8-19(18)22-11-9-16(10-12-22)23-13-15-5-1-2-6-17(15)20(24)14-23/h1-8,16,20,24H,9-14H2/t20-/m1/s1. The summed E-state index contributed by atoms with van der Waals surface area (Å²) in [7, 11) is 0. The van der Waals surface area contributed by atoms with Crippen LogP contribution in [0.1, 0.15) is 30.1 Å². The summed E-state index contributed by atoms with van der Waals surface area (Å²) in [5.41, 5.74) is 3.00. The minimum atomic E-state index is -0.403. The highest BCUT2D eigenvalue weighted by atomic mass is 19.1. The average Bonchev–Trinajstić information content (AvgIpc) is 2.62. The summed E-state index contributed by atoms with van der Waals surface area (Å²) in [6.07, 6.45) is 1.60. The quantitative estimate of drug-likeness (QED) is 0.917. The molecule has 2 aromatic carbocycles. The molecule has 0 radical (unpaired) electrons. The van der Waals surface area contributed by atoms with E-state index >= 15 is 0 Å². The van der Waals surface area contributed by atoms with Crippen molar-refractivity contribution < 1.29 is 9.50 Å². The van der Waals surface area contributed by atoms with Gasteiger partial charge in [-0.25, -0.2) is 4.39 Å². The topological polar surface area (TPSA) is 26.7 Å². The molecule has 1 atom stereocenters. The van der Waals surface area contributed by atoms with Gasteiger partial charge in [0.2, 0.25) is 0 Å². The summed E-state index contributed by atoms with van der Waals surface area (Å²) in [6, 6.07) is 15.6. The third-order valence-electron chi connectivity index (χ3n) is 5.37. The predicted molar refractivity (Wildman–Crippen MR) is 93.4 cm³/mol. The zero-order valence-electron chi connectivity index (χ0n) is 13.7. The molecule has 3 nitrogen and oxygen atoms in total. The van der Waals surface area contributed by atoms with Crippen molar-refractivity contribution in [3.05, 3.63) is 65.5 Å². The summed E-state index contributed by atoms with van der Waals surface area (Å²) < 4.78 is 14.0. The SMILES string of the molecule is O[C@@H]1CN(C2CCN(c3ccccc3F)CC2)Cc2ccccc21. The van der Waals surface area contributed by atoms with E-state index in [1.807, 2.05) is 30.3 Å². The summed E-state index contributed by atoms with van der Waals surface area (Å²) in [5.74, 6) is -0.140. The van der Waals surface area contributed by atoms with Gasteiger partial charge in [-0.2, -0.15) is 0 Å². The van der Waals surface area contributed by atoms with Crippen molar-refractivity contribution in [2.45, 2.75) is 31.5 Å². The van der Waals surface area contributed by atoms with Gasteiger partial charge in [-0.05, 0) is 36.1 Å². The van der Waals surface area contributed by atoms with E-state index in [0.717, 1.165) is 38.0 Å². The second-order valence-electron chi connectivity index (χ2n) is 6.81. The zero-order valence-corrected chi connectivity index (χ0v) is 13.7. The van der Waals surface area contributed by atoms with Crippen LogP contribution in [0.3, 0.4) is 0 Å². The van der Waals surface area contributed by atoms with Gasteiger partial charge in [-0.3, -0.25) is 4.90 Å². The van der Waals surface area contributed by atoms with Crippen LogP contribution in [-0.2, 0) is 6.54 Å². The molecule has 2 heterocycles. The number of fused-ring (bicyclic) bond motifs is 1. The van der Waals surface area contributed by atoms with E-state index in [0.29, 0.717) is 18.3 Å². The van der Waals surface area contributed by atoms with Crippen LogP contribution >= 0.6 is 0 Å². The molecule has 4 heteroatoms. The third kappa shape index (κ3) is 2.92. The molecule has 0 saturated carbocycles. The Morgan fingerprint density at radius 2 is 1.67 bits per heavy atom. The van der Waals surface area contributed by atoms with Crippen LogP contribution in [0.4, 0.5) is 10.1 Å². The number of halogens is 1. The lowest BCUT2D eigenvalue weighted by atomic mass is 9.93. The first kappa shape index (κ1) is 15.6. The van der Waals surface area contributed by atoms with Crippen molar-refractivity contribution >= 4 is 5.69 Å². The first-order valence-corrected chi connectivity index (χ1v) is 8.72. The van der Waals surface area contributed by atoms with Crippen molar-refractivity contribution in [1.29, 1.82) is 0 Å². The zero-order chi connectivity index (χ0) is 16.5. The molecule has 2 aliphatic rings. The van der Waals surface area contributed by atoms with Gasteiger partial charge in [0.15, 0.2) is 0 Å². The van der Waals surface area contributed by atoms with Gasteiger partial charge in [0.1, 0.15) is 5.82 Å². The lowest BCUT2D eigenvalue weighted by molar-refractivity contribution is 0.0568. The third-order valence-corrected chi connectivity index (χ3v) is 5.37. The van der Waals surface area contributed by atoms with E-state index < -0.39 is 6.10 Å². The Morgan fingerprint density at radius 3 is 2.46 bits per heavy atom. The van der Waals surface area contributed by atoms with Crippen LogP contribution in [0.25, 0.3) is 0 Å². The highest BCUT2D eigenvalue weighted by Crippen LogP contribution is 2.31. The molecule has 0 aliphatic carbocycles. The van der Waals surface area contributed by atoms with Gasteiger partial charge in [0.25, 0.3) is 0 Å². The predicted octanol–water partition coefficient (Wildman–Crippen LogP) is 3.34. The number of hydrogen-bond acceptors (Lipinski definition) is 3. The molecule has 1 fully saturated rings. The van der Waals surface area contributed by atoms with Crippen LogP contribution < -0.4 is 4.90 Å². The number of para-hydroxylation sites is 1. The van der Waals surface area contributed by atoms with Gasteiger partial charge in [-0.15, -0.1) is 0 Å². The van der Waals surface area contributed by atoms with E-state index in [1.165, 1.54) is 11.6 Å². The molecule has 0 unspecified atom stereocenters. The van der Waals surface area contributed by atoms with Crippen LogP contribution in [0.15, 0.2) is 48.5 Å². The van der Waals surface area contributed by atoms with E-state index in [9.17, 15) is 9.50 Å². The fourth-order valence-corrected chi connectivity index (χ4v) is 4.07. The van der Waals surface area contributed by atoms with Gasteiger partial charge in [-0.1, -0.05) is 36.4 Å². The van der Waals surface area contributed by atoms with E-state index in [1.54, 1.807) is 6.07 Å². The molecule has 0 aromatic heterocycles. The maximum atomic E-state index is 14.0.